The third kappa shape index (κ3) is 5.87. The molecule has 0 aromatic carbocycles. The summed E-state index contributed by atoms with van der Waals surface area (Å²) in [5.74, 6) is -0.217. The van der Waals surface area contributed by atoms with Crippen LogP contribution in [0, 0.1) is 0 Å². The zero-order valence-electron chi connectivity index (χ0n) is 19.6. The largest absolute Gasteiger partial charge is 0.445 e. The van der Waals surface area contributed by atoms with E-state index in [1.165, 1.54) is 23.1 Å². The van der Waals surface area contributed by atoms with Crippen molar-refractivity contribution in [2.45, 2.75) is 24.8 Å². The maximum atomic E-state index is 12.9. The summed E-state index contributed by atoms with van der Waals surface area (Å²) in [4.78, 5) is 52.7. The van der Waals surface area contributed by atoms with Crippen LogP contribution in [0.2, 0.25) is 0 Å². The van der Waals surface area contributed by atoms with Crippen LogP contribution in [0.4, 0.5) is 9.93 Å². The van der Waals surface area contributed by atoms with Crippen molar-refractivity contribution in [1.82, 2.24) is 25.0 Å². The van der Waals surface area contributed by atoms with Crippen LogP contribution < -0.4 is 11.1 Å². The predicted octanol–water partition coefficient (Wildman–Crippen LogP) is 0.524. The lowest BCUT2D eigenvalue weighted by Crippen LogP contribution is -2.69. The number of β-lactam (4-membered cyclic amide) rings is 1. The summed E-state index contributed by atoms with van der Waals surface area (Å²) >= 11 is 2.69. The summed E-state index contributed by atoms with van der Waals surface area (Å²) in [6.45, 7) is 5.31. The Labute approximate surface area is 211 Å². The van der Waals surface area contributed by atoms with Gasteiger partial charge in [-0.05, 0) is 19.0 Å². The van der Waals surface area contributed by atoms with E-state index in [4.69, 9.17) is 15.3 Å². The van der Waals surface area contributed by atoms with Crippen LogP contribution in [0.15, 0.2) is 22.3 Å². The zero-order chi connectivity index (χ0) is 24.9. The molecule has 3 amide bonds. The van der Waals surface area contributed by atoms with Gasteiger partial charge in [-0.15, -0.1) is 23.1 Å². The van der Waals surface area contributed by atoms with Crippen molar-refractivity contribution in [2.75, 3.05) is 57.9 Å². The van der Waals surface area contributed by atoms with E-state index in [0.717, 1.165) is 25.1 Å². The number of nitrogens with one attached hydrogen (secondary N) is 1. The first-order valence-electron chi connectivity index (χ1n) is 11.3. The molecule has 0 radical (unpaired) electrons. The number of amides is 3. The Balaban J connectivity index is 1.32. The highest BCUT2D eigenvalue weighted by Gasteiger charge is 2.50. The number of carbonyl (C=O) groups is 3. The number of rotatable bonds is 8. The number of thiazole rings is 1. The molecule has 1 aromatic heterocycles. The number of thioether (sulfide) groups is 1. The van der Waals surface area contributed by atoms with E-state index in [-0.39, 0.29) is 29.7 Å². The maximum absolute atomic E-state index is 12.9. The molecule has 2 fully saturated rings. The zero-order valence-corrected chi connectivity index (χ0v) is 21.3. The first-order chi connectivity index (χ1) is 16.9. The minimum absolute atomic E-state index is 0.0227. The van der Waals surface area contributed by atoms with Crippen molar-refractivity contribution >= 4 is 51.8 Å². The Bertz CT molecular complexity index is 1020. The van der Waals surface area contributed by atoms with E-state index in [2.05, 4.69) is 20.4 Å². The average molecular weight is 524 g/mol. The molecule has 0 aliphatic carbocycles. The molecule has 35 heavy (non-hydrogen) atoms. The van der Waals surface area contributed by atoms with Crippen molar-refractivity contribution < 1.29 is 24.0 Å². The van der Waals surface area contributed by atoms with Crippen molar-refractivity contribution in [2.24, 2.45) is 5.16 Å². The SMILES string of the molecule is CCCON=C(C(=O)NC1C(=O)N2C=C(COC(=O)N3CCN(C)CC3)CS[C@@H]12)c1csc(N)n1. The normalized spacial score (nSPS) is 22.7. The van der Waals surface area contributed by atoms with Gasteiger partial charge in [0.2, 0.25) is 0 Å². The molecule has 0 saturated carbocycles. The van der Waals surface area contributed by atoms with E-state index in [1.54, 1.807) is 21.4 Å². The lowest BCUT2D eigenvalue weighted by Gasteiger charge is -2.47. The Kier molecular flexibility index (Phi) is 8.13. The molecule has 190 valence electrons. The number of nitrogen functional groups attached to an aromatic ring is 1. The standard InChI is InChI=1S/C21H29N7O5S2/c1-3-8-33-25-15(14-12-35-20(22)23-14)17(29)24-16-18(30)28-9-13(11-34-19(16)28)10-32-21(31)27-6-4-26(2)5-7-27/h9,12,16,19H,3-8,10-11H2,1-2H3,(H2,22,23)(H,24,29)/t16?,19-/m0/s1. The number of nitrogens with zero attached hydrogens (tertiary/aromatic N) is 5. The highest BCUT2D eigenvalue weighted by atomic mass is 32.2. The number of nitrogens with two attached hydrogens (primary N) is 1. The van der Waals surface area contributed by atoms with Gasteiger partial charge in [0, 0.05) is 43.5 Å². The molecule has 0 bridgehead atoms. The lowest BCUT2D eigenvalue weighted by atomic mass is 10.1. The van der Waals surface area contributed by atoms with E-state index in [0.29, 0.717) is 36.3 Å². The molecular formula is C21H29N7O5S2. The van der Waals surface area contributed by atoms with Crippen molar-refractivity contribution in [3.8, 4) is 0 Å². The molecule has 14 heteroatoms. The number of ether oxygens (including phenoxy) is 1. The fraction of sp³-hybridized carbons (Fsp3) is 0.571. The van der Waals surface area contributed by atoms with Gasteiger partial charge in [0.15, 0.2) is 10.8 Å². The van der Waals surface area contributed by atoms with Gasteiger partial charge < -0.3 is 35.3 Å². The molecule has 0 spiro atoms. The number of aromatic nitrogens is 1. The summed E-state index contributed by atoms with van der Waals surface area (Å²) in [5, 5.41) is 8.35. The number of hydrogen-bond acceptors (Lipinski definition) is 11. The second-order valence-electron chi connectivity index (χ2n) is 8.37. The Hall–Kier alpha value is -2.84. The molecule has 3 N–H and O–H groups in total. The summed E-state index contributed by atoms with van der Waals surface area (Å²) in [5.41, 5.74) is 6.80. The molecule has 1 unspecified atom stereocenters. The predicted molar refractivity (Wildman–Crippen MR) is 133 cm³/mol. The third-order valence-electron chi connectivity index (χ3n) is 5.70. The molecule has 2 saturated heterocycles. The minimum atomic E-state index is -0.703. The van der Waals surface area contributed by atoms with E-state index < -0.39 is 11.9 Å². The van der Waals surface area contributed by atoms with Crippen molar-refractivity contribution in [3.63, 3.8) is 0 Å². The molecule has 4 rings (SSSR count). The van der Waals surface area contributed by atoms with Gasteiger partial charge >= 0.3 is 6.09 Å². The van der Waals surface area contributed by atoms with Crippen LogP contribution in [0.5, 0.6) is 0 Å². The number of fused-ring (bicyclic) bond motifs is 1. The van der Waals surface area contributed by atoms with Gasteiger partial charge in [-0.3, -0.25) is 9.59 Å². The van der Waals surface area contributed by atoms with Gasteiger partial charge in [0.1, 0.15) is 30.3 Å². The number of oxime groups is 1. The van der Waals surface area contributed by atoms with Gasteiger partial charge in [0.05, 0.1) is 0 Å². The van der Waals surface area contributed by atoms with Crippen molar-refractivity contribution in [1.29, 1.82) is 0 Å². The molecule has 4 heterocycles. The van der Waals surface area contributed by atoms with Gasteiger partial charge in [-0.1, -0.05) is 12.1 Å². The minimum Gasteiger partial charge on any atom is -0.445 e. The topological polar surface area (TPSA) is 143 Å². The van der Waals surface area contributed by atoms with Crippen LogP contribution in [-0.4, -0.2) is 107 Å². The second kappa shape index (κ2) is 11.3. The van der Waals surface area contributed by atoms with Crippen LogP contribution in [-0.2, 0) is 19.2 Å². The Morgan fingerprint density at radius 2 is 2.09 bits per heavy atom. The van der Waals surface area contributed by atoms with Gasteiger partial charge in [-0.2, -0.15) is 0 Å². The quantitative estimate of drug-likeness (QED) is 0.216. The molecule has 1 aromatic rings. The lowest BCUT2D eigenvalue weighted by molar-refractivity contribution is -0.143. The number of carbonyl (C=O) groups excluding carboxylic acids is 3. The van der Waals surface area contributed by atoms with Crippen LogP contribution in [0.25, 0.3) is 0 Å². The van der Waals surface area contributed by atoms with Gasteiger partial charge in [-0.25, -0.2) is 9.78 Å². The highest BCUT2D eigenvalue weighted by molar-refractivity contribution is 8.00. The smallest absolute Gasteiger partial charge is 0.410 e. The van der Waals surface area contributed by atoms with Crippen LogP contribution in [0.3, 0.4) is 0 Å². The molecule has 3 aliphatic heterocycles. The number of piperazine rings is 1. The highest BCUT2D eigenvalue weighted by Crippen LogP contribution is 2.36. The summed E-state index contributed by atoms with van der Waals surface area (Å²) in [6, 6.07) is -0.703. The number of likely N-dealkylation sites (N-methyl/N-ethyl adjacent to an activating group) is 1. The molecule has 12 nitrogen and oxygen atoms in total. The Morgan fingerprint density at radius 3 is 2.77 bits per heavy atom. The van der Waals surface area contributed by atoms with Crippen molar-refractivity contribution in [3.05, 3.63) is 22.8 Å². The Morgan fingerprint density at radius 1 is 1.31 bits per heavy atom. The fourth-order valence-corrected chi connectivity index (χ4v) is 5.48. The first kappa shape index (κ1) is 25.3. The van der Waals surface area contributed by atoms with Crippen LogP contribution >= 0.6 is 23.1 Å². The second-order valence-corrected chi connectivity index (χ2v) is 10.4. The van der Waals surface area contributed by atoms with E-state index >= 15 is 0 Å². The van der Waals surface area contributed by atoms with Gasteiger partial charge in [0.25, 0.3) is 11.8 Å². The van der Waals surface area contributed by atoms with E-state index in [1.807, 2.05) is 14.0 Å². The summed E-state index contributed by atoms with van der Waals surface area (Å²) in [6.07, 6.45) is 2.10. The fourth-order valence-electron chi connectivity index (χ4n) is 3.69. The first-order valence-corrected chi connectivity index (χ1v) is 13.3. The number of hydrogen-bond donors (Lipinski definition) is 2. The molecule has 2 atom stereocenters. The van der Waals surface area contributed by atoms with E-state index in [9.17, 15) is 14.4 Å². The summed E-state index contributed by atoms with van der Waals surface area (Å²) in [7, 11) is 2.02. The third-order valence-corrected chi connectivity index (χ3v) is 7.75. The number of anilines is 1. The maximum Gasteiger partial charge on any atom is 0.410 e. The molecular weight excluding hydrogens is 494 g/mol. The summed E-state index contributed by atoms with van der Waals surface area (Å²) < 4.78 is 5.45. The van der Waals surface area contributed by atoms with Crippen LogP contribution in [0.1, 0.15) is 19.0 Å². The molecule has 3 aliphatic rings. The average Bonchev–Trinajstić information content (AvgIpc) is 3.29. The monoisotopic (exact) mass is 523 g/mol.